The average molecular weight is 335 g/mol. The average Bonchev–Trinajstić information content (AvgIpc) is 2.93. The molecule has 2 N–H and O–H groups in total. The lowest BCUT2D eigenvalue weighted by Crippen LogP contribution is -2.27. The van der Waals surface area contributed by atoms with Crippen LogP contribution in [0.1, 0.15) is 52.4 Å². The van der Waals surface area contributed by atoms with E-state index in [1.165, 1.54) is 6.20 Å². The van der Waals surface area contributed by atoms with Crippen LogP contribution in [-0.4, -0.2) is 15.0 Å². The number of aromatic amines is 2. The molecule has 0 spiro atoms. The van der Waals surface area contributed by atoms with Crippen LogP contribution in [-0.2, 0) is 6.42 Å². The third-order valence-corrected chi connectivity index (χ3v) is 4.43. The molecule has 1 aliphatic rings. The van der Waals surface area contributed by atoms with Crippen molar-refractivity contribution in [3.8, 4) is 0 Å². The summed E-state index contributed by atoms with van der Waals surface area (Å²) in [5.41, 5.74) is 3.25. The smallest absolute Gasteiger partial charge is 0.325 e. The Morgan fingerprint density at radius 1 is 1.20 bits per heavy atom. The molecule has 3 aromatic rings. The normalized spacial score (nSPS) is 15.5. The fraction of sp³-hybridized carbons (Fsp3) is 0.211. The minimum Gasteiger partial charge on any atom is -0.441 e. The van der Waals surface area contributed by atoms with Gasteiger partial charge in [0.05, 0.1) is 11.6 Å². The lowest BCUT2D eigenvalue weighted by atomic mass is 9.87. The Hall–Kier alpha value is -3.15. The SMILES string of the molecule is CCc1nc2c(o1)C=Cc1cc(C)ccc1C2c1c[nH]c(=O)[nH]c1=O. The summed E-state index contributed by atoms with van der Waals surface area (Å²) in [6, 6.07) is 6.07. The fourth-order valence-corrected chi connectivity index (χ4v) is 3.23. The van der Waals surface area contributed by atoms with Crippen molar-refractivity contribution in [3.63, 3.8) is 0 Å². The number of nitrogens with one attached hydrogen (secondary N) is 2. The van der Waals surface area contributed by atoms with Crippen LogP contribution in [0.2, 0.25) is 0 Å². The lowest BCUT2D eigenvalue weighted by Gasteiger charge is -2.17. The van der Waals surface area contributed by atoms with Crippen LogP contribution >= 0.6 is 0 Å². The number of hydrogen-bond donors (Lipinski definition) is 2. The highest BCUT2D eigenvalue weighted by molar-refractivity contribution is 5.75. The second-order valence-electron chi connectivity index (χ2n) is 6.14. The summed E-state index contributed by atoms with van der Waals surface area (Å²) in [4.78, 5) is 33.4. The molecule has 1 aromatic carbocycles. The van der Waals surface area contributed by atoms with Crippen molar-refractivity contribution in [1.29, 1.82) is 0 Å². The molecule has 0 fully saturated rings. The van der Waals surface area contributed by atoms with E-state index in [2.05, 4.69) is 21.0 Å². The topological polar surface area (TPSA) is 91.8 Å². The minimum atomic E-state index is -0.528. The monoisotopic (exact) mass is 335 g/mol. The molecule has 1 aliphatic carbocycles. The predicted molar refractivity (Wildman–Crippen MR) is 94.6 cm³/mol. The maximum atomic E-state index is 12.5. The number of nitrogens with zero attached hydrogens (tertiary/aromatic N) is 1. The van der Waals surface area contributed by atoms with Gasteiger partial charge in [0.1, 0.15) is 0 Å². The fourth-order valence-electron chi connectivity index (χ4n) is 3.23. The first-order valence-corrected chi connectivity index (χ1v) is 8.17. The molecule has 0 bridgehead atoms. The van der Waals surface area contributed by atoms with E-state index in [1.807, 2.05) is 38.1 Å². The maximum absolute atomic E-state index is 12.5. The molecule has 0 radical (unpaired) electrons. The molecule has 6 heteroatoms. The molecular weight excluding hydrogens is 318 g/mol. The highest BCUT2D eigenvalue weighted by Gasteiger charge is 2.30. The Balaban J connectivity index is 2.04. The van der Waals surface area contributed by atoms with Crippen LogP contribution in [0.4, 0.5) is 0 Å². The largest absolute Gasteiger partial charge is 0.441 e. The predicted octanol–water partition coefficient (Wildman–Crippen LogP) is 2.59. The molecule has 1 unspecified atom stereocenters. The molecule has 0 saturated heterocycles. The van der Waals surface area contributed by atoms with Gasteiger partial charge in [-0.2, -0.15) is 0 Å². The van der Waals surface area contributed by atoms with Crippen molar-refractivity contribution >= 4 is 12.2 Å². The number of H-pyrrole nitrogens is 2. The van der Waals surface area contributed by atoms with Gasteiger partial charge in [0.15, 0.2) is 11.7 Å². The van der Waals surface area contributed by atoms with Gasteiger partial charge in [-0.1, -0.05) is 36.8 Å². The summed E-state index contributed by atoms with van der Waals surface area (Å²) < 4.78 is 5.83. The van der Waals surface area contributed by atoms with Gasteiger partial charge in [-0.25, -0.2) is 9.78 Å². The van der Waals surface area contributed by atoms with Crippen molar-refractivity contribution in [2.75, 3.05) is 0 Å². The summed E-state index contributed by atoms with van der Waals surface area (Å²) in [5.74, 6) is 0.850. The summed E-state index contributed by atoms with van der Waals surface area (Å²) in [5, 5.41) is 0. The van der Waals surface area contributed by atoms with Crippen LogP contribution in [0.25, 0.3) is 12.2 Å². The summed E-state index contributed by atoms with van der Waals surface area (Å²) in [7, 11) is 0. The highest BCUT2D eigenvalue weighted by atomic mass is 16.4. The van der Waals surface area contributed by atoms with Gasteiger partial charge >= 0.3 is 5.69 Å². The third-order valence-electron chi connectivity index (χ3n) is 4.43. The van der Waals surface area contributed by atoms with Crippen LogP contribution in [0.3, 0.4) is 0 Å². The number of oxazole rings is 1. The van der Waals surface area contributed by atoms with E-state index in [9.17, 15) is 9.59 Å². The van der Waals surface area contributed by atoms with Gasteiger partial charge in [-0.15, -0.1) is 0 Å². The maximum Gasteiger partial charge on any atom is 0.325 e. The summed E-state index contributed by atoms with van der Waals surface area (Å²) in [6.07, 6.45) is 5.99. The number of rotatable bonds is 2. The number of hydrogen-bond acceptors (Lipinski definition) is 4. The molecule has 0 aliphatic heterocycles. The Morgan fingerprint density at radius 3 is 2.80 bits per heavy atom. The summed E-state index contributed by atoms with van der Waals surface area (Å²) >= 11 is 0. The van der Waals surface area contributed by atoms with Crippen LogP contribution in [0.15, 0.2) is 38.4 Å². The summed E-state index contributed by atoms with van der Waals surface area (Å²) in [6.45, 7) is 3.99. The minimum absolute atomic E-state index is 0.412. The van der Waals surface area contributed by atoms with Gasteiger partial charge < -0.3 is 9.40 Å². The molecule has 2 heterocycles. The van der Waals surface area contributed by atoms with Gasteiger partial charge in [-0.3, -0.25) is 9.78 Å². The zero-order valence-corrected chi connectivity index (χ0v) is 13.9. The Morgan fingerprint density at radius 2 is 2.04 bits per heavy atom. The van der Waals surface area contributed by atoms with Gasteiger partial charge in [0, 0.05) is 18.2 Å². The molecule has 126 valence electrons. The van der Waals surface area contributed by atoms with Gasteiger partial charge in [-0.05, 0) is 24.1 Å². The van der Waals surface area contributed by atoms with E-state index in [4.69, 9.17) is 4.42 Å². The Kier molecular flexibility index (Phi) is 3.53. The molecule has 0 saturated carbocycles. The lowest BCUT2D eigenvalue weighted by molar-refractivity contribution is 0.493. The van der Waals surface area contributed by atoms with Crippen molar-refractivity contribution in [2.45, 2.75) is 26.2 Å². The quantitative estimate of drug-likeness (QED) is 0.589. The van der Waals surface area contributed by atoms with Crippen molar-refractivity contribution in [1.82, 2.24) is 15.0 Å². The first-order valence-electron chi connectivity index (χ1n) is 8.17. The first kappa shape index (κ1) is 15.4. The Labute approximate surface area is 143 Å². The van der Waals surface area contributed by atoms with Gasteiger partial charge in [0.25, 0.3) is 5.56 Å². The number of aryl methyl sites for hydroxylation is 2. The third kappa shape index (κ3) is 2.55. The molecule has 1 atom stereocenters. The van der Waals surface area contributed by atoms with Crippen LogP contribution in [0.5, 0.6) is 0 Å². The van der Waals surface area contributed by atoms with E-state index in [0.29, 0.717) is 29.3 Å². The van der Waals surface area contributed by atoms with E-state index in [-0.39, 0.29) is 0 Å². The molecule has 4 rings (SSSR count). The van der Waals surface area contributed by atoms with E-state index in [0.717, 1.165) is 16.7 Å². The van der Waals surface area contributed by atoms with E-state index < -0.39 is 17.2 Å². The number of benzene rings is 1. The van der Waals surface area contributed by atoms with Crippen molar-refractivity contribution in [3.05, 3.63) is 84.8 Å². The van der Waals surface area contributed by atoms with Crippen molar-refractivity contribution in [2.24, 2.45) is 0 Å². The van der Waals surface area contributed by atoms with E-state index >= 15 is 0 Å². The molecule has 0 amide bonds. The van der Waals surface area contributed by atoms with Crippen molar-refractivity contribution < 1.29 is 4.42 Å². The zero-order chi connectivity index (χ0) is 17.6. The van der Waals surface area contributed by atoms with Crippen LogP contribution in [0, 0.1) is 6.92 Å². The number of aromatic nitrogens is 3. The zero-order valence-electron chi connectivity index (χ0n) is 13.9. The molecule has 25 heavy (non-hydrogen) atoms. The first-order chi connectivity index (χ1) is 12.1. The Bertz CT molecular complexity index is 1100. The molecule has 2 aromatic heterocycles. The van der Waals surface area contributed by atoms with Crippen LogP contribution < -0.4 is 11.2 Å². The molecule has 6 nitrogen and oxygen atoms in total. The van der Waals surface area contributed by atoms with E-state index in [1.54, 1.807) is 0 Å². The standard InChI is InChI=1S/C19H17N3O3/c1-3-15-21-17-14(25-15)7-5-11-8-10(2)4-6-12(11)16(17)13-9-20-19(24)22-18(13)23/h4-9,16H,3H2,1-2H3,(H2,20,22,23,24). The number of fused-ring (bicyclic) bond motifs is 2. The van der Waals surface area contributed by atoms with Gasteiger partial charge in [0.2, 0.25) is 0 Å². The highest BCUT2D eigenvalue weighted by Crippen LogP contribution is 2.38. The second kappa shape index (κ2) is 5.73. The molecular formula is C19H17N3O3. The second-order valence-corrected chi connectivity index (χ2v) is 6.14.